The molecule has 1 aliphatic rings. The molecule has 0 aromatic heterocycles. The second-order valence-electron chi connectivity index (χ2n) is 4.95. The maximum atomic E-state index is 12.3. The van der Waals surface area contributed by atoms with Crippen molar-refractivity contribution in [3.63, 3.8) is 0 Å². The Bertz CT molecular complexity index is 629. The summed E-state index contributed by atoms with van der Waals surface area (Å²) >= 11 is 0. The fourth-order valence-corrected chi connectivity index (χ4v) is 2.68. The number of rotatable bonds is 2. The van der Waals surface area contributed by atoms with E-state index in [9.17, 15) is 15.0 Å². The van der Waals surface area contributed by atoms with Gasteiger partial charge in [0.05, 0.1) is 5.56 Å². The normalized spacial score (nSPS) is 17.5. The van der Waals surface area contributed by atoms with Crippen molar-refractivity contribution < 1.29 is 15.0 Å². The molecule has 19 heavy (non-hydrogen) atoms. The van der Waals surface area contributed by atoms with Crippen LogP contribution in [0.3, 0.4) is 0 Å². The molecule has 0 radical (unpaired) electrons. The summed E-state index contributed by atoms with van der Waals surface area (Å²) in [7, 11) is 0. The van der Waals surface area contributed by atoms with Crippen LogP contribution in [0.4, 0.5) is 0 Å². The van der Waals surface area contributed by atoms with Crippen molar-refractivity contribution in [1.82, 2.24) is 0 Å². The molecule has 0 saturated heterocycles. The van der Waals surface area contributed by atoms with E-state index >= 15 is 0 Å². The molecular weight excluding hydrogens is 240 g/mol. The lowest BCUT2D eigenvalue weighted by atomic mass is 9.96. The summed E-state index contributed by atoms with van der Waals surface area (Å²) in [5, 5.41) is 19.0. The van der Waals surface area contributed by atoms with Gasteiger partial charge in [-0.05, 0) is 42.2 Å². The maximum absolute atomic E-state index is 12.3. The highest BCUT2D eigenvalue weighted by Crippen LogP contribution is 2.34. The van der Waals surface area contributed by atoms with Crippen molar-refractivity contribution in [2.75, 3.05) is 0 Å². The second kappa shape index (κ2) is 4.43. The Morgan fingerprint density at radius 2 is 1.79 bits per heavy atom. The average molecular weight is 254 g/mol. The van der Waals surface area contributed by atoms with Gasteiger partial charge in [0.1, 0.15) is 11.5 Å². The lowest BCUT2D eigenvalue weighted by molar-refractivity contribution is 0.0934. The van der Waals surface area contributed by atoms with Gasteiger partial charge in [-0.3, -0.25) is 4.79 Å². The zero-order chi connectivity index (χ0) is 13.4. The van der Waals surface area contributed by atoms with E-state index < -0.39 is 0 Å². The van der Waals surface area contributed by atoms with Gasteiger partial charge in [0.15, 0.2) is 5.78 Å². The largest absolute Gasteiger partial charge is 0.508 e. The van der Waals surface area contributed by atoms with E-state index in [1.807, 2.05) is 18.2 Å². The first kappa shape index (κ1) is 11.8. The maximum Gasteiger partial charge on any atom is 0.170 e. The van der Waals surface area contributed by atoms with Crippen LogP contribution in [0.15, 0.2) is 42.5 Å². The number of Topliss-reactive ketones (excluding diaryl/α,β-unsaturated/α-hetero) is 1. The van der Waals surface area contributed by atoms with E-state index in [1.54, 1.807) is 24.3 Å². The molecule has 1 aliphatic carbocycles. The smallest absolute Gasteiger partial charge is 0.170 e. The van der Waals surface area contributed by atoms with E-state index in [-0.39, 0.29) is 23.2 Å². The Labute approximate surface area is 111 Å². The average Bonchev–Trinajstić information content (AvgIpc) is 2.71. The van der Waals surface area contributed by atoms with Gasteiger partial charge in [-0.25, -0.2) is 0 Å². The molecule has 0 spiro atoms. The van der Waals surface area contributed by atoms with Gasteiger partial charge >= 0.3 is 0 Å². The molecule has 0 aliphatic heterocycles. The number of fused-ring (bicyclic) bond motifs is 1. The molecule has 1 atom stereocenters. The number of phenols is 2. The standard InChI is InChI=1S/C16H14O3/c17-13-6-4-10(5-7-13)8-12-9-11-2-1-3-14(18)15(11)16(12)19/h1-7,12,17-18H,8-9H2/t12-/m1/s1. The first-order valence-electron chi connectivity index (χ1n) is 6.28. The minimum absolute atomic E-state index is 0.0150. The summed E-state index contributed by atoms with van der Waals surface area (Å²) in [5.74, 6) is 0.201. The van der Waals surface area contributed by atoms with Crippen LogP contribution in [0, 0.1) is 5.92 Å². The molecule has 96 valence electrons. The van der Waals surface area contributed by atoms with Gasteiger partial charge in [0, 0.05) is 5.92 Å². The van der Waals surface area contributed by atoms with Crippen molar-refractivity contribution in [2.45, 2.75) is 12.8 Å². The summed E-state index contributed by atoms with van der Waals surface area (Å²) in [4.78, 5) is 12.3. The summed E-state index contributed by atoms with van der Waals surface area (Å²) in [6.45, 7) is 0. The van der Waals surface area contributed by atoms with Crippen LogP contribution in [0.25, 0.3) is 0 Å². The Balaban J connectivity index is 1.84. The molecular formula is C16H14O3. The monoisotopic (exact) mass is 254 g/mol. The van der Waals surface area contributed by atoms with Crippen LogP contribution >= 0.6 is 0 Å². The molecule has 2 aromatic rings. The van der Waals surface area contributed by atoms with Gasteiger partial charge in [-0.1, -0.05) is 24.3 Å². The van der Waals surface area contributed by atoms with Gasteiger partial charge in [0.25, 0.3) is 0 Å². The first-order valence-corrected chi connectivity index (χ1v) is 6.28. The molecule has 0 heterocycles. The Morgan fingerprint density at radius 1 is 1.05 bits per heavy atom. The van der Waals surface area contributed by atoms with Crippen LogP contribution in [0.1, 0.15) is 21.5 Å². The highest BCUT2D eigenvalue weighted by molar-refractivity contribution is 6.04. The fraction of sp³-hybridized carbons (Fsp3) is 0.188. The molecule has 2 N–H and O–H groups in total. The molecule has 2 aromatic carbocycles. The highest BCUT2D eigenvalue weighted by atomic mass is 16.3. The lowest BCUT2D eigenvalue weighted by Gasteiger charge is -2.08. The SMILES string of the molecule is O=C1c2c(O)cccc2C[C@H]1Cc1ccc(O)cc1. The third-order valence-corrected chi connectivity index (χ3v) is 3.63. The summed E-state index contributed by atoms with van der Waals surface area (Å²) in [6.07, 6.45) is 1.30. The number of carbonyl (C=O) groups excluding carboxylic acids is 1. The minimum Gasteiger partial charge on any atom is -0.508 e. The second-order valence-corrected chi connectivity index (χ2v) is 4.95. The first-order chi connectivity index (χ1) is 9.15. The van der Waals surface area contributed by atoms with Crippen LogP contribution < -0.4 is 0 Å². The Morgan fingerprint density at radius 3 is 2.47 bits per heavy atom. The fourth-order valence-electron chi connectivity index (χ4n) is 2.68. The van der Waals surface area contributed by atoms with Gasteiger partial charge in [-0.2, -0.15) is 0 Å². The number of aromatic hydroxyl groups is 2. The molecule has 0 unspecified atom stereocenters. The van der Waals surface area contributed by atoms with Gasteiger partial charge in [0.2, 0.25) is 0 Å². The van der Waals surface area contributed by atoms with E-state index in [4.69, 9.17) is 0 Å². The van der Waals surface area contributed by atoms with Crippen LogP contribution in [-0.4, -0.2) is 16.0 Å². The Kier molecular flexibility index (Phi) is 2.75. The van der Waals surface area contributed by atoms with Crippen molar-refractivity contribution in [3.8, 4) is 11.5 Å². The highest BCUT2D eigenvalue weighted by Gasteiger charge is 2.32. The Hall–Kier alpha value is -2.29. The molecule has 3 heteroatoms. The number of hydrogen-bond donors (Lipinski definition) is 2. The molecule has 0 amide bonds. The van der Waals surface area contributed by atoms with Gasteiger partial charge < -0.3 is 10.2 Å². The van der Waals surface area contributed by atoms with Crippen molar-refractivity contribution in [1.29, 1.82) is 0 Å². The summed E-state index contributed by atoms with van der Waals surface area (Å²) in [5.41, 5.74) is 2.42. The number of benzene rings is 2. The van der Waals surface area contributed by atoms with E-state index in [2.05, 4.69) is 0 Å². The number of phenolic OH excluding ortho intramolecular Hbond substituents is 2. The van der Waals surface area contributed by atoms with E-state index in [0.717, 1.165) is 11.1 Å². The van der Waals surface area contributed by atoms with Crippen molar-refractivity contribution in [2.24, 2.45) is 5.92 Å². The predicted molar refractivity (Wildman–Crippen MR) is 71.4 cm³/mol. The zero-order valence-electron chi connectivity index (χ0n) is 10.3. The topological polar surface area (TPSA) is 57.5 Å². The van der Waals surface area contributed by atoms with Crippen LogP contribution in [0.2, 0.25) is 0 Å². The summed E-state index contributed by atoms with van der Waals surface area (Å²) < 4.78 is 0. The number of ketones is 1. The predicted octanol–water partition coefficient (Wildman–Crippen LogP) is 2.70. The molecule has 0 saturated carbocycles. The summed E-state index contributed by atoms with van der Waals surface area (Å²) in [6, 6.07) is 12.1. The third kappa shape index (κ3) is 2.08. The van der Waals surface area contributed by atoms with E-state index in [1.165, 1.54) is 0 Å². The number of carbonyl (C=O) groups is 1. The van der Waals surface area contributed by atoms with Crippen molar-refractivity contribution in [3.05, 3.63) is 59.2 Å². The quantitative estimate of drug-likeness (QED) is 0.866. The van der Waals surface area contributed by atoms with Crippen molar-refractivity contribution >= 4 is 5.78 Å². The van der Waals surface area contributed by atoms with Crippen LogP contribution in [-0.2, 0) is 12.8 Å². The molecule has 3 rings (SSSR count). The minimum atomic E-state index is -0.118. The molecule has 3 nitrogen and oxygen atoms in total. The lowest BCUT2D eigenvalue weighted by Crippen LogP contribution is -2.12. The van der Waals surface area contributed by atoms with Crippen LogP contribution in [0.5, 0.6) is 11.5 Å². The number of hydrogen-bond acceptors (Lipinski definition) is 3. The zero-order valence-corrected chi connectivity index (χ0v) is 10.3. The molecule has 0 bridgehead atoms. The van der Waals surface area contributed by atoms with E-state index in [0.29, 0.717) is 18.4 Å². The third-order valence-electron chi connectivity index (χ3n) is 3.63. The van der Waals surface area contributed by atoms with Gasteiger partial charge in [-0.15, -0.1) is 0 Å². The molecule has 0 fully saturated rings.